The van der Waals surface area contributed by atoms with Crippen LogP contribution in [-0.2, 0) is 0 Å². The van der Waals surface area contributed by atoms with Crippen molar-refractivity contribution in [3.8, 4) is 11.1 Å². The minimum absolute atomic E-state index is 0.0767. The number of carbonyl (C=O) groups is 2. The molecule has 0 aliphatic rings. The van der Waals surface area contributed by atoms with Crippen LogP contribution in [0.1, 0.15) is 26.3 Å². The first-order valence-electron chi connectivity index (χ1n) is 7.44. The Morgan fingerprint density at radius 1 is 1.04 bits per heavy atom. The van der Waals surface area contributed by atoms with Gasteiger partial charge in [-0.25, -0.2) is 4.79 Å². The zero-order valence-corrected chi connectivity index (χ0v) is 14.8. The molecule has 0 bridgehead atoms. The lowest BCUT2D eigenvalue weighted by Gasteiger charge is -2.06. The van der Waals surface area contributed by atoms with E-state index in [2.05, 4.69) is 5.32 Å². The van der Waals surface area contributed by atoms with Crippen molar-refractivity contribution in [3.63, 3.8) is 0 Å². The molecule has 4 nitrogen and oxygen atoms in total. The van der Waals surface area contributed by atoms with E-state index in [0.717, 1.165) is 11.1 Å². The fourth-order valence-electron chi connectivity index (χ4n) is 2.38. The maximum atomic E-state index is 12.4. The van der Waals surface area contributed by atoms with Crippen LogP contribution in [0.15, 0.2) is 53.9 Å². The van der Waals surface area contributed by atoms with Gasteiger partial charge in [0.25, 0.3) is 5.91 Å². The van der Waals surface area contributed by atoms with E-state index in [-0.39, 0.29) is 11.5 Å². The van der Waals surface area contributed by atoms with Crippen molar-refractivity contribution in [2.45, 2.75) is 6.92 Å². The fraction of sp³-hybridized carbons (Fsp3) is 0.0526. The molecule has 0 spiro atoms. The van der Waals surface area contributed by atoms with E-state index >= 15 is 0 Å². The molecule has 0 fully saturated rings. The van der Waals surface area contributed by atoms with Crippen molar-refractivity contribution < 1.29 is 14.7 Å². The molecule has 3 aromatic rings. The number of hydrogen-bond acceptors (Lipinski definition) is 3. The van der Waals surface area contributed by atoms with Crippen LogP contribution in [0.4, 0.5) is 5.00 Å². The lowest BCUT2D eigenvalue weighted by atomic mass is 10.0. The van der Waals surface area contributed by atoms with Gasteiger partial charge < -0.3 is 10.4 Å². The van der Waals surface area contributed by atoms with Crippen molar-refractivity contribution in [3.05, 3.63) is 75.6 Å². The zero-order valence-electron chi connectivity index (χ0n) is 13.2. The topological polar surface area (TPSA) is 66.4 Å². The third kappa shape index (κ3) is 3.73. The Morgan fingerprint density at radius 2 is 1.68 bits per heavy atom. The van der Waals surface area contributed by atoms with Gasteiger partial charge in [-0.15, -0.1) is 11.3 Å². The minimum atomic E-state index is -1.09. The highest BCUT2D eigenvalue weighted by Crippen LogP contribution is 2.36. The molecule has 0 aliphatic heterocycles. The monoisotopic (exact) mass is 371 g/mol. The second-order valence-electron chi connectivity index (χ2n) is 5.49. The van der Waals surface area contributed by atoms with Crippen molar-refractivity contribution in [2.24, 2.45) is 0 Å². The Hall–Kier alpha value is -2.63. The number of thiophene rings is 1. The molecule has 1 amide bonds. The number of halogens is 1. The standard InChI is InChI=1S/C19H14ClNO3S/c1-11-2-4-13(5-3-11)17(22)21-18-16(19(23)24)15(10-25-18)12-6-8-14(20)9-7-12/h2-10H,1H3,(H,21,22)(H,23,24). The molecule has 6 heteroatoms. The van der Waals surface area contributed by atoms with Gasteiger partial charge in [-0.2, -0.15) is 0 Å². The van der Waals surface area contributed by atoms with E-state index in [9.17, 15) is 14.7 Å². The first-order chi connectivity index (χ1) is 12.0. The molecule has 0 saturated heterocycles. The molecule has 0 atom stereocenters. The first kappa shape index (κ1) is 17.2. The third-order valence-electron chi connectivity index (χ3n) is 3.70. The Bertz CT molecular complexity index is 930. The van der Waals surface area contributed by atoms with Gasteiger partial charge >= 0.3 is 5.97 Å². The number of carboxylic acid groups (broad SMARTS) is 1. The van der Waals surface area contributed by atoms with Crippen molar-refractivity contribution in [1.82, 2.24) is 0 Å². The van der Waals surface area contributed by atoms with Gasteiger partial charge in [-0.3, -0.25) is 4.79 Å². The summed E-state index contributed by atoms with van der Waals surface area (Å²) in [4.78, 5) is 24.1. The summed E-state index contributed by atoms with van der Waals surface area (Å²) < 4.78 is 0. The van der Waals surface area contributed by atoms with Crippen LogP contribution >= 0.6 is 22.9 Å². The maximum Gasteiger partial charge on any atom is 0.339 e. The molecule has 126 valence electrons. The fourth-order valence-corrected chi connectivity index (χ4v) is 3.47. The SMILES string of the molecule is Cc1ccc(C(=O)Nc2scc(-c3ccc(Cl)cc3)c2C(=O)O)cc1. The predicted molar refractivity (Wildman–Crippen MR) is 101 cm³/mol. The maximum absolute atomic E-state index is 12.4. The number of nitrogens with one attached hydrogen (secondary N) is 1. The van der Waals surface area contributed by atoms with Gasteiger partial charge in [0.05, 0.1) is 0 Å². The molecule has 1 aromatic heterocycles. The summed E-state index contributed by atoms with van der Waals surface area (Å²) in [7, 11) is 0. The average molecular weight is 372 g/mol. The van der Waals surface area contributed by atoms with Crippen LogP contribution in [0.2, 0.25) is 5.02 Å². The van der Waals surface area contributed by atoms with Gasteiger partial charge in [0.1, 0.15) is 10.6 Å². The molecule has 0 unspecified atom stereocenters. The highest BCUT2D eigenvalue weighted by Gasteiger charge is 2.21. The molecule has 2 N–H and O–H groups in total. The number of anilines is 1. The summed E-state index contributed by atoms with van der Waals surface area (Å²) in [5.41, 5.74) is 2.88. The van der Waals surface area contributed by atoms with Gasteiger partial charge in [-0.05, 0) is 36.8 Å². The summed E-state index contributed by atoms with van der Waals surface area (Å²) in [6, 6.07) is 14.0. The molecular weight excluding hydrogens is 358 g/mol. The average Bonchev–Trinajstić information content (AvgIpc) is 3.00. The Morgan fingerprint density at radius 3 is 2.28 bits per heavy atom. The number of hydrogen-bond donors (Lipinski definition) is 2. The molecule has 3 rings (SSSR count). The molecule has 2 aromatic carbocycles. The van der Waals surface area contributed by atoms with Crippen molar-refractivity contribution in [1.29, 1.82) is 0 Å². The van der Waals surface area contributed by atoms with E-state index in [1.807, 2.05) is 19.1 Å². The first-order valence-corrected chi connectivity index (χ1v) is 8.70. The molecular formula is C19H14ClNO3S. The molecule has 25 heavy (non-hydrogen) atoms. The number of benzene rings is 2. The predicted octanol–water partition coefficient (Wildman–Crippen LogP) is 5.33. The van der Waals surface area contributed by atoms with Crippen molar-refractivity contribution >= 4 is 39.8 Å². The van der Waals surface area contributed by atoms with Crippen LogP contribution in [0.5, 0.6) is 0 Å². The van der Waals surface area contributed by atoms with Crippen LogP contribution in [-0.4, -0.2) is 17.0 Å². The minimum Gasteiger partial charge on any atom is -0.478 e. The highest BCUT2D eigenvalue weighted by atomic mass is 35.5. The Labute approximate surface area is 153 Å². The summed E-state index contributed by atoms with van der Waals surface area (Å²) in [5.74, 6) is -1.43. The molecule has 0 radical (unpaired) electrons. The third-order valence-corrected chi connectivity index (χ3v) is 4.85. The Kier molecular flexibility index (Phi) is 4.88. The van der Waals surface area contributed by atoms with Gasteiger partial charge in [0, 0.05) is 21.5 Å². The number of aryl methyl sites for hydroxylation is 1. The summed E-state index contributed by atoms with van der Waals surface area (Å²) >= 11 is 7.07. The summed E-state index contributed by atoms with van der Waals surface area (Å²) in [6.45, 7) is 1.93. The second-order valence-corrected chi connectivity index (χ2v) is 6.80. The van der Waals surface area contributed by atoms with Gasteiger partial charge in [0.2, 0.25) is 0 Å². The van der Waals surface area contributed by atoms with E-state index < -0.39 is 5.97 Å². The smallest absolute Gasteiger partial charge is 0.339 e. The number of carboxylic acids is 1. The summed E-state index contributed by atoms with van der Waals surface area (Å²) in [6.07, 6.45) is 0. The molecule has 0 aliphatic carbocycles. The van der Waals surface area contributed by atoms with E-state index in [4.69, 9.17) is 11.6 Å². The number of aromatic carboxylic acids is 1. The second kappa shape index (κ2) is 7.09. The van der Waals surface area contributed by atoms with E-state index in [1.165, 1.54) is 11.3 Å². The molecule has 1 heterocycles. The normalized spacial score (nSPS) is 10.5. The van der Waals surface area contributed by atoms with Crippen LogP contribution in [0.25, 0.3) is 11.1 Å². The highest BCUT2D eigenvalue weighted by molar-refractivity contribution is 7.15. The van der Waals surface area contributed by atoms with Gasteiger partial charge in [0.15, 0.2) is 0 Å². The largest absolute Gasteiger partial charge is 0.478 e. The Balaban J connectivity index is 1.94. The number of amides is 1. The van der Waals surface area contributed by atoms with Crippen LogP contribution in [0.3, 0.4) is 0 Å². The van der Waals surface area contributed by atoms with E-state index in [1.54, 1.807) is 41.8 Å². The zero-order chi connectivity index (χ0) is 18.0. The number of rotatable bonds is 4. The molecule has 0 saturated carbocycles. The van der Waals surface area contributed by atoms with E-state index in [0.29, 0.717) is 21.2 Å². The summed E-state index contributed by atoms with van der Waals surface area (Å²) in [5, 5.41) is 14.9. The quantitative estimate of drug-likeness (QED) is 0.651. The van der Waals surface area contributed by atoms with Crippen LogP contribution < -0.4 is 5.32 Å². The van der Waals surface area contributed by atoms with Crippen molar-refractivity contribution in [2.75, 3.05) is 5.32 Å². The lowest BCUT2D eigenvalue weighted by Crippen LogP contribution is -2.13. The van der Waals surface area contributed by atoms with Gasteiger partial charge in [-0.1, -0.05) is 41.4 Å². The van der Waals surface area contributed by atoms with Crippen LogP contribution in [0, 0.1) is 6.92 Å². The number of carbonyl (C=O) groups excluding carboxylic acids is 1. The lowest BCUT2D eigenvalue weighted by molar-refractivity contribution is 0.0699.